The van der Waals surface area contributed by atoms with Crippen LogP contribution in [0, 0.1) is 0 Å². The number of Topliss-reactive ketones (excluding diaryl/α,β-unsaturated/α-hetero) is 1. The number of benzene rings is 1. The summed E-state index contributed by atoms with van der Waals surface area (Å²) in [6.07, 6.45) is 1.88. The van der Waals surface area contributed by atoms with Crippen LogP contribution in [-0.2, 0) is 14.3 Å². The van der Waals surface area contributed by atoms with Crippen molar-refractivity contribution in [2.45, 2.75) is 17.7 Å². The van der Waals surface area contributed by atoms with E-state index in [2.05, 4.69) is 5.32 Å². The molecule has 1 N–H and O–H groups in total. The minimum atomic E-state index is -0.594. The van der Waals surface area contributed by atoms with Crippen LogP contribution in [-0.4, -0.2) is 30.5 Å². The van der Waals surface area contributed by atoms with E-state index in [0.29, 0.717) is 14.9 Å². The molecule has 0 unspecified atom stereocenters. The first kappa shape index (κ1) is 19.5. The second-order valence-corrected chi connectivity index (χ2v) is 7.56. The van der Waals surface area contributed by atoms with Crippen LogP contribution in [0.15, 0.2) is 41.3 Å². The Morgan fingerprint density at radius 2 is 2.00 bits per heavy atom. The first-order valence-electron chi connectivity index (χ1n) is 7.36. The van der Waals surface area contributed by atoms with Crippen molar-refractivity contribution in [3.8, 4) is 0 Å². The van der Waals surface area contributed by atoms with E-state index in [9.17, 15) is 14.4 Å². The van der Waals surface area contributed by atoms with Crippen LogP contribution in [0.2, 0.25) is 4.34 Å². The molecule has 0 aliphatic rings. The lowest BCUT2D eigenvalue weighted by Crippen LogP contribution is -2.21. The number of thiophene rings is 1. The molecule has 132 valence electrons. The lowest BCUT2D eigenvalue weighted by atomic mass is 10.2. The van der Waals surface area contributed by atoms with Crippen molar-refractivity contribution in [2.75, 3.05) is 18.2 Å². The van der Waals surface area contributed by atoms with Crippen LogP contribution < -0.4 is 5.32 Å². The van der Waals surface area contributed by atoms with Crippen molar-refractivity contribution in [1.82, 2.24) is 0 Å². The van der Waals surface area contributed by atoms with Gasteiger partial charge in [0.25, 0.3) is 5.91 Å². The third kappa shape index (κ3) is 6.53. The summed E-state index contributed by atoms with van der Waals surface area (Å²) in [4.78, 5) is 36.8. The first-order chi connectivity index (χ1) is 12.0. The molecule has 5 nitrogen and oxygen atoms in total. The van der Waals surface area contributed by atoms with Gasteiger partial charge in [0.15, 0.2) is 12.4 Å². The Hall–Kier alpha value is -1.83. The maximum atomic E-state index is 11.9. The molecule has 0 radical (unpaired) electrons. The quantitative estimate of drug-likeness (QED) is 0.409. The van der Waals surface area contributed by atoms with E-state index in [-0.39, 0.29) is 25.2 Å². The Morgan fingerprint density at radius 3 is 2.68 bits per heavy atom. The number of carbonyl (C=O) groups is 3. The standard InChI is InChI=1S/C17H16ClNO4S2/c1-24-12-4-2-3-11(9-12)19-16(21)10-23-17(22)8-5-13(20)14-6-7-15(18)25-14/h2-4,6-7,9H,5,8,10H2,1H3,(H,19,21). The molecule has 0 spiro atoms. The van der Waals surface area contributed by atoms with Crippen molar-refractivity contribution in [3.63, 3.8) is 0 Å². The lowest BCUT2D eigenvalue weighted by Gasteiger charge is -2.07. The molecule has 0 atom stereocenters. The number of hydrogen-bond donors (Lipinski definition) is 1. The number of esters is 1. The van der Waals surface area contributed by atoms with Gasteiger partial charge in [0, 0.05) is 17.0 Å². The van der Waals surface area contributed by atoms with Gasteiger partial charge in [-0.3, -0.25) is 14.4 Å². The van der Waals surface area contributed by atoms with E-state index < -0.39 is 11.9 Å². The van der Waals surface area contributed by atoms with Gasteiger partial charge in [0.05, 0.1) is 15.6 Å². The van der Waals surface area contributed by atoms with Gasteiger partial charge in [-0.15, -0.1) is 23.1 Å². The average Bonchev–Trinajstić information content (AvgIpc) is 3.04. The van der Waals surface area contributed by atoms with Crippen molar-refractivity contribution in [3.05, 3.63) is 45.6 Å². The van der Waals surface area contributed by atoms with E-state index in [1.807, 2.05) is 24.5 Å². The SMILES string of the molecule is CSc1cccc(NC(=O)COC(=O)CCC(=O)c2ccc(Cl)s2)c1. The highest BCUT2D eigenvalue weighted by Crippen LogP contribution is 2.23. The number of anilines is 1. The molecule has 2 rings (SSSR count). The van der Waals surface area contributed by atoms with E-state index in [1.54, 1.807) is 30.0 Å². The highest BCUT2D eigenvalue weighted by atomic mass is 35.5. The normalized spacial score (nSPS) is 10.3. The van der Waals surface area contributed by atoms with Crippen molar-refractivity contribution < 1.29 is 19.1 Å². The lowest BCUT2D eigenvalue weighted by molar-refractivity contribution is -0.147. The maximum Gasteiger partial charge on any atom is 0.306 e. The minimum Gasteiger partial charge on any atom is -0.456 e. The fourth-order valence-corrected chi connectivity index (χ4v) is 3.39. The van der Waals surface area contributed by atoms with E-state index in [4.69, 9.17) is 16.3 Å². The van der Waals surface area contributed by atoms with Crippen LogP contribution in [0.1, 0.15) is 22.5 Å². The highest BCUT2D eigenvalue weighted by Gasteiger charge is 2.13. The van der Waals surface area contributed by atoms with Crippen molar-refractivity contribution in [1.29, 1.82) is 0 Å². The number of ether oxygens (including phenoxy) is 1. The summed E-state index contributed by atoms with van der Waals surface area (Å²) >= 11 is 8.50. The largest absolute Gasteiger partial charge is 0.456 e. The summed E-state index contributed by atoms with van der Waals surface area (Å²) < 4.78 is 5.41. The Balaban J connectivity index is 1.72. The Labute approximate surface area is 158 Å². The fraction of sp³-hybridized carbons (Fsp3) is 0.235. The number of halogens is 1. The van der Waals surface area contributed by atoms with E-state index in [0.717, 1.165) is 4.90 Å². The van der Waals surface area contributed by atoms with E-state index >= 15 is 0 Å². The topological polar surface area (TPSA) is 72.5 Å². The predicted octanol–water partition coefficient (Wildman–Crippen LogP) is 4.27. The third-order valence-corrected chi connectivity index (χ3v) is 5.12. The summed E-state index contributed by atoms with van der Waals surface area (Å²) in [7, 11) is 0. The summed E-state index contributed by atoms with van der Waals surface area (Å²) in [6, 6.07) is 10.6. The van der Waals surface area contributed by atoms with E-state index in [1.165, 1.54) is 11.3 Å². The minimum absolute atomic E-state index is 0.0209. The van der Waals surface area contributed by atoms with Crippen molar-refractivity contribution in [2.24, 2.45) is 0 Å². The van der Waals surface area contributed by atoms with Gasteiger partial charge in [0.1, 0.15) is 0 Å². The molecule has 0 saturated carbocycles. The Morgan fingerprint density at radius 1 is 1.20 bits per heavy atom. The molecule has 1 heterocycles. The van der Waals surface area contributed by atoms with Gasteiger partial charge < -0.3 is 10.1 Å². The highest BCUT2D eigenvalue weighted by molar-refractivity contribution is 7.98. The number of rotatable bonds is 8. The number of ketones is 1. The molecule has 1 aromatic carbocycles. The second kappa shape index (κ2) is 9.60. The Bertz CT molecular complexity index is 776. The Kier molecular flexibility index (Phi) is 7.49. The monoisotopic (exact) mass is 397 g/mol. The zero-order valence-electron chi connectivity index (χ0n) is 13.4. The van der Waals surface area contributed by atoms with Crippen LogP contribution in [0.4, 0.5) is 5.69 Å². The predicted molar refractivity (Wildman–Crippen MR) is 101 cm³/mol. The molecule has 1 amide bonds. The number of amides is 1. The molecule has 0 aliphatic heterocycles. The van der Waals surface area contributed by atoms with Gasteiger partial charge in [-0.1, -0.05) is 17.7 Å². The molecule has 2 aromatic rings. The number of nitrogens with one attached hydrogen (secondary N) is 1. The molecular weight excluding hydrogens is 382 g/mol. The zero-order valence-corrected chi connectivity index (χ0v) is 15.8. The second-order valence-electron chi connectivity index (χ2n) is 4.97. The summed E-state index contributed by atoms with van der Waals surface area (Å²) in [5.41, 5.74) is 0.637. The first-order valence-corrected chi connectivity index (χ1v) is 9.78. The van der Waals surface area contributed by atoms with Gasteiger partial charge >= 0.3 is 5.97 Å². The number of hydrogen-bond acceptors (Lipinski definition) is 6. The smallest absolute Gasteiger partial charge is 0.306 e. The van der Waals surface area contributed by atoms with Crippen molar-refractivity contribution >= 4 is 58.0 Å². The zero-order chi connectivity index (χ0) is 18.2. The maximum absolute atomic E-state index is 11.9. The molecule has 25 heavy (non-hydrogen) atoms. The van der Waals surface area contributed by atoms with Gasteiger partial charge in [0.2, 0.25) is 0 Å². The average molecular weight is 398 g/mol. The summed E-state index contributed by atoms with van der Waals surface area (Å²) in [5.74, 6) is -1.20. The van der Waals surface area contributed by atoms with Crippen LogP contribution in [0.3, 0.4) is 0 Å². The molecule has 0 bridgehead atoms. The van der Waals surface area contributed by atoms with Crippen LogP contribution >= 0.6 is 34.7 Å². The fourth-order valence-electron chi connectivity index (χ4n) is 1.92. The van der Waals surface area contributed by atoms with Gasteiger partial charge in [-0.25, -0.2) is 0 Å². The molecule has 8 heteroatoms. The summed E-state index contributed by atoms with van der Waals surface area (Å²) in [5, 5.41) is 2.66. The van der Waals surface area contributed by atoms with Gasteiger partial charge in [-0.05, 0) is 36.6 Å². The number of thioether (sulfide) groups is 1. The van der Waals surface area contributed by atoms with Crippen LogP contribution in [0.25, 0.3) is 0 Å². The third-order valence-electron chi connectivity index (χ3n) is 3.12. The molecular formula is C17H16ClNO4S2. The van der Waals surface area contributed by atoms with Crippen LogP contribution in [0.5, 0.6) is 0 Å². The van der Waals surface area contributed by atoms with Gasteiger partial charge in [-0.2, -0.15) is 0 Å². The summed E-state index contributed by atoms with van der Waals surface area (Å²) in [6.45, 7) is -0.388. The molecule has 0 fully saturated rings. The molecule has 0 saturated heterocycles. The molecule has 0 aliphatic carbocycles. The molecule has 1 aromatic heterocycles. The number of carbonyl (C=O) groups excluding carboxylic acids is 3.